The van der Waals surface area contributed by atoms with Crippen molar-refractivity contribution < 1.29 is 4.92 Å². The van der Waals surface area contributed by atoms with Gasteiger partial charge in [-0.3, -0.25) is 15.5 Å². The molecule has 0 fully saturated rings. The summed E-state index contributed by atoms with van der Waals surface area (Å²) in [5.74, 6) is 0. The Morgan fingerprint density at radius 1 is 1.21 bits per heavy atom. The maximum absolute atomic E-state index is 10.5. The molecule has 0 spiro atoms. The number of anilines is 1. The zero-order valence-electron chi connectivity index (χ0n) is 9.79. The lowest BCUT2D eigenvalue weighted by Gasteiger charge is -1.99. The molecule has 6 heteroatoms. The van der Waals surface area contributed by atoms with E-state index >= 15 is 0 Å². The Hall–Kier alpha value is -2.40. The van der Waals surface area contributed by atoms with Crippen LogP contribution in [0.4, 0.5) is 11.4 Å². The summed E-state index contributed by atoms with van der Waals surface area (Å²) >= 11 is 5.84. The number of nitrogens with zero attached hydrogens (tertiary/aromatic N) is 2. The first-order valence-electron chi connectivity index (χ1n) is 5.44. The molecule has 0 atom stereocenters. The molecule has 0 saturated heterocycles. The second-order valence-electron chi connectivity index (χ2n) is 3.73. The van der Waals surface area contributed by atoms with Crippen molar-refractivity contribution in [2.24, 2.45) is 5.10 Å². The van der Waals surface area contributed by atoms with E-state index in [1.165, 1.54) is 12.1 Å². The van der Waals surface area contributed by atoms with Crippen LogP contribution in [-0.2, 0) is 0 Å². The number of halogens is 1. The van der Waals surface area contributed by atoms with E-state index in [9.17, 15) is 10.1 Å². The fourth-order valence-corrected chi connectivity index (χ4v) is 1.62. The second-order valence-corrected chi connectivity index (χ2v) is 4.17. The van der Waals surface area contributed by atoms with Crippen LogP contribution in [0.5, 0.6) is 0 Å². The lowest BCUT2D eigenvalue weighted by Crippen LogP contribution is -1.92. The Bertz CT molecular complexity index is 612. The van der Waals surface area contributed by atoms with Crippen molar-refractivity contribution in [3.8, 4) is 0 Å². The molecule has 0 aliphatic rings. The molecule has 2 aromatic rings. The highest BCUT2D eigenvalue weighted by Crippen LogP contribution is 2.15. The molecule has 19 heavy (non-hydrogen) atoms. The van der Waals surface area contributed by atoms with Crippen molar-refractivity contribution in [1.29, 1.82) is 0 Å². The minimum absolute atomic E-state index is 0.0457. The summed E-state index contributed by atoms with van der Waals surface area (Å²) < 4.78 is 0. The van der Waals surface area contributed by atoms with E-state index in [1.807, 2.05) is 12.1 Å². The van der Waals surface area contributed by atoms with Crippen LogP contribution < -0.4 is 5.43 Å². The van der Waals surface area contributed by atoms with Gasteiger partial charge in [0.15, 0.2) is 0 Å². The van der Waals surface area contributed by atoms with Crippen LogP contribution >= 0.6 is 11.6 Å². The molecule has 0 unspecified atom stereocenters. The van der Waals surface area contributed by atoms with Gasteiger partial charge in [-0.25, -0.2) is 0 Å². The van der Waals surface area contributed by atoms with E-state index in [-0.39, 0.29) is 5.69 Å². The predicted octanol–water partition coefficient (Wildman–Crippen LogP) is 3.69. The van der Waals surface area contributed by atoms with Crippen LogP contribution in [0.25, 0.3) is 0 Å². The summed E-state index contributed by atoms with van der Waals surface area (Å²) in [4.78, 5) is 10.0. The number of hydrogen-bond donors (Lipinski definition) is 1. The van der Waals surface area contributed by atoms with E-state index in [0.29, 0.717) is 10.7 Å². The Morgan fingerprint density at radius 3 is 2.58 bits per heavy atom. The van der Waals surface area contributed by atoms with Crippen molar-refractivity contribution in [3.63, 3.8) is 0 Å². The topological polar surface area (TPSA) is 67.5 Å². The maximum atomic E-state index is 10.5. The first-order valence-corrected chi connectivity index (χ1v) is 5.82. The Labute approximate surface area is 114 Å². The summed E-state index contributed by atoms with van der Waals surface area (Å²) in [6.07, 6.45) is 1.62. The third-order valence-corrected chi connectivity index (χ3v) is 2.57. The Balaban J connectivity index is 2.00. The SMILES string of the molecule is O=[N+]([O-])c1ccc(NN=Cc2cccc(Cl)c2)cc1. The van der Waals surface area contributed by atoms with Gasteiger partial charge in [0.2, 0.25) is 0 Å². The van der Waals surface area contributed by atoms with Gasteiger partial charge in [-0.15, -0.1) is 0 Å². The summed E-state index contributed by atoms with van der Waals surface area (Å²) in [7, 11) is 0. The number of non-ortho nitro benzene ring substituents is 1. The van der Waals surface area contributed by atoms with E-state index in [0.717, 1.165) is 5.56 Å². The van der Waals surface area contributed by atoms with Crippen LogP contribution in [0.1, 0.15) is 5.56 Å². The molecule has 0 aromatic heterocycles. The van der Waals surface area contributed by atoms with Gasteiger partial charge in [0.1, 0.15) is 0 Å². The quantitative estimate of drug-likeness (QED) is 0.525. The molecule has 1 N–H and O–H groups in total. The first kappa shape index (κ1) is 13.0. The summed E-state index contributed by atoms with van der Waals surface area (Å²) in [5, 5.41) is 15.1. The average molecular weight is 276 g/mol. The third-order valence-electron chi connectivity index (χ3n) is 2.33. The van der Waals surface area contributed by atoms with Gasteiger partial charge in [-0.1, -0.05) is 23.7 Å². The van der Waals surface area contributed by atoms with Crippen LogP contribution in [0.15, 0.2) is 53.6 Å². The zero-order chi connectivity index (χ0) is 13.7. The molecule has 2 aromatic carbocycles. The normalized spacial score (nSPS) is 10.6. The lowest BCUT2D eigenvalue weighted by atomic mass is 10.2. The monoisotopic (exact) mass is 275 g/mol. The predicted molar refractivity (Wildman–Crippen MR) is 75.8 cm³/mol. The lowest BCUT2D eigenvalue weighted by molar-refractivity contribution is -0.384. The van der Waals surface area contributed by atoms with Crippen molar-refractivity contribution in [2.75, 3.05) is 5.43 Å². The fourth-order valence-electron chi connectivity index (χ4n) is 1.43. The molecule has 0 radical (unpaired) electrons. The molecule has 0 saturated carbocycles. The number of nitrogens with one attached hydrogen (secondary N) is 1. The van der Waals surface area contributed by atoms with Crippen LogP contribution in [-0.4, -0.2) is 11.1 Å². The first-order chi connectivity index (χ1) is 9.15. The molecule has 0 aliphatic heterocycles. The summed E-state index contributed by atoms with van der Waals surface area (Å²) in [5.41, 5.74) is 4.36. The van der Waals surface area contributed by atoms with Gasteiger partial charge < -0.3 is 0 Å². The third kappa shape index (κ3) is 3.79. The maximum Gasteiger partial charge on any atom is 0.269 e. The number of hydrogen-bond acceptors (Lipinski definition) is 4. The molecule has 0 heterocycles. The summed E-state index contributed by atoms with van der Waals surface area (Å²) in [6.45, 7) is 0. The number of hydrazone groups is 1. The van der Waals surface area contributed by atoms with Gasteiger partial charge in [-0.05, 0) is 29.8 Å². The molecule has 2 rings (SSSR count). The van der Waals surface area contributed by atoms with Crippen molar-refractivity contribution in [3.05, 3.63) is 69.2 Å². The van der Waals surface area contributed by atoms with Gasteiger partial charge in [-0.2, -0.15) is 5.10 Å². The highest BCUT2D eigenvalue weighted by molar-refractivity contribution is 6.30. The molecule has 96 valence electrons. The van der Waals surface area contributed by atoms with Gasteiger partial charge in [0.05, 0.1) is 16.8 Å². The highest BCUT2D eigenvalue weighted by atomic mass is 35.5. The van der Waals surface area contributed by atoms with E-state index in [1.54, 1.807) is 30.5 Å². The number of nitro groups is 1. The smallest absolute Gasteiger partial charge is 0.269 e. The second kappa shape index (κ2) is 5.97. The standard InChI is InChI=1S/C13H10ClN3O2/c14-11-3-1-2-10(8-11)9-15-16-12-4-6-13(7-5-12)17(18)19/h1-9,16H. The van der Waals surface area contributed by atoms with Crippen molar-refractivity contribution in [2.45, 2.75) is 0 Å². The molecular weight excluding hydrogens is 266 g/mol. The number of benzene rings is 2. The van der Waals surface area contributed by atoms with Crippen LogP contribution in [0.2, 0.25) is 5.02 Å². The minimum atomic E-state index is -0.445. The average Bonchev–Trinajstić information content (AvgIpc) is 2.39. The van der Waals surface area contributed by atoms with E-state index in [2.05, 4.69) is 10.5 Å². The Morgan fingerprint density at radius 2 is 1.95 bits per heavy atom. The van der Waals surface area contributed by atoms with Crippen LogP contribution in [0.3, 0.4) is 0 Å². The van der Waals surface area contributed by atoms with Gasteiger partial charge in [0, 0.05) is 17.2 Å². The largest absolute Gasteiger partial charge is 0.278 e. The van der Waals surface area contributed by atoms with Crippen molar-refractivity contribution >= 4 is 29.2 Å². The molecule has 5 nitrogen and oxygen atoms in total. The van der Waals surface area contributed by atoms with Crippen molar-refractivity contribution in [1.82, 2.24) is 0 Å². The van der Waals surface area contributed by atoms with E-state index in [4.69, 9.17) is 11.6 Å². The summed E-state index contributed by atoms with van der Waals surface area (Å²) in [6, 6.07) is 13.3. The van der Waals surface area contributed by atoms with E-state index < -0.39 is 4.92 Å². The highest BCUT2D eigenvalue weighted by Gasteiger charge is 2.02. The molecule has 0 bridgehead atoms. The Kier molecular flexibility index (Phi) is 4.10. The zero-order valence-corrected chi connectivity index (χ0v) is 10.5. The fraction of sp³-hybridized carbons (Fsp3) is 0. The minimum Gasteiger partial charge on any atom is -0.278 e. The van der Waals surface area contributed by atoms with Gasteiger partial charge in [0.25, 0.3) is 5.69 Å². The van der Waals surface area contributed by atoms with Gasteiger partial charge >= 0.3 is 0 Å². The molecule has 0 aliphatic carbocycles. The number of nitro benzene ring substituents is 1. The molecular formula is C13H10ClN3O2. The number of rotatable bonds is 4. The molecule has 0 amide bonds. The van der Waals surface area contributed by atoms with Crippen LogP contribution in [0, 0.1) is 10.1 Å².